The van der Waals surface area contributed by atoms with Crippen molar-refractivity contribution in [1.29, 1.82) is 0 Å². The summed E-state index contributed by atoms with van der Waals surface area (Å²) in [5.74, 6) is 0. The van der Waals surface area contributed by atoms with Crippen LogP contribution in [0.4, 0.5) is 0 Å². The molecule has 0 amide bonds. The zero-order valence-electron chi connectivity index (χ0n) is 10.0. The summed E-state index contributed by atoms with van der Waals surface area (Å²) in [6.45, 7) is 2.05. The van der Waals surface area contributed by atoms with E-state index in [1.54, 1.807) is 21.3 Å². The van der Waals surface area contributed by atoms with Gasteiger partial charge in [0.05, 0.1) is 0 Å². The second-order valence-electron chi connectivity index (χ2n) is 3.09. The van der Waals surface area contributed by atoms with Crippen LogP contribution in [0.5, 0.6) is 0 Å². The normalized spacial score (nSPS) is 12.9. The fraction of sp³-hybridized carbons (Fsp3) is 1.00. The number of hydrogen-bond acceptors (Lipinski definition) is 4. The Hall–Kier alpha value is 0.403. The van der Waals surface area contributed by atoms with Crippen molar-refractivity contribution in [2.75, 3.05) is 21.3 Å². The molecule has 0 aromatic heterocycles. The molecule has 0 aliphatic carbocycles. The van der Waals surface area contributed by atoms with E-state index in [0.29, 0.717) is 0 Å². The molecular formula is C9H22CoO4Si. The van der Waals surface area contributed by atoms with Crippen LogP contribution in [-0.4, -0.2) is 30.1 Å². The van der Waals surface area contributed by atoms with Crippen LogP contribution in [0.15, 0.2) is 0 Å². The molecule has 0 radical (unpaired) electrons. The van der Waals surface area contributed by atoms with Crippen molar-refractivity contribution in [2.24, 2.45) is 0 Å². The Morgan fingerprint density at radius 1 is 1.07 bits per heavy atom. The Bertz CT molecular complexity index is 177. The second-order valence-corrected chi connectivity index (χ2v) is 8.34. The van der Waals surface area contributed by atoms with Gasteiger partial charge in [-0.1, -0.05) is 0 Å². The number of rotatable bonds is 9. The van der Waals surface area contributed by atoms with Crippen LogP contribution in [0.2, 0.25) is 16.8 Å². The Morgan fingerprint density at radius 2 is 1.60 bits per heavy atom. The summed E-state index contributed by atoms with van der Waals surface area (Å²) in [5, 5.41) is 1.56. The third-order valence-corrected chi connectivity index (χ3v) is 6.95. The van der Waals surface area contributed by atoms with Gasteiger partial charge in [-0.3, -0.25) is 0 Å². The molecule has 0 saturated heterocycles. The first-order valence-electron chi connectivity index (χ1n) is 5.01. The first-order chi connectivity index (χ1) is 7.14. The SMILES string of the molecule is CC[CH2][Co](=[O])[CH2]CC[Si](OC)(OC)OC. The van der Waals surface area contributed by atoms with E-state index >= 15 is 0 Å². The minimum atomic E-state index is -2.44. The third kappa shape index (κ3) is 5.89. The number of hydrogen-bond donors (Lipinski definition) is 0. The van der Waals surface area contributed by atoms with Gasteiger partial charge in [-0.05, 0) is 0 Å². The maximum atomic E-state index is 11.4. The van der Waals surface area contributed by atoms with Crippen LogP contribution in [0.25, 0.3) is 0 Å². The zero-order valence-corrected chi connectivity index (χ0v) is 12.0. The van der Waals surface area contributed by atoms with Crippen LogP contribution < -0.4 is 0 Å². The van der Waals surface area contributed by atoms with Gasteiger partial charge in [0.2, 0.25) is 0 Å². The molecule has 0 atom stereocenters. The third-order valence-electron chi connectivity index (χ3n) is 2.07. The molecule has 0 saturated carbocycles. The van der Waals surface area contributed by atoms with E-state index in [4.69, 9.17) is 13.3 Å². The molecule has 0 aromatic rings. The first kappa shape index (κ1) is 15.4. The van der Waals surface area contributed by atoms with Crippen molar-refractivity contribution >= 4 is 8.80 Å². The van der Waals surface area contributed by atoms with Gasteiger partial charge in [-0.15, -0.1) is 0 Å². The zero-order chi connectivity index (χ0) is 11.7. The Morgan fingerprint density at radius 3 is 2.00 bits per heavy atom. The molecular weight excluding hydrogens is 259 g/mol. The van der Waals surface area contributed by atoms with Crippen LogP contribution in [-0.2, 0) is 30.7 Å². The molecule has 0 aromatic carbocycles. The van der Waals surface area contributed by atoms with Gasteiger partial charge in [-0.25, -0.2) is 0 Å². The van der Waals surface area contributed by atoms with Crippen LogP contribution in [0, 0.1) is 0 Å². The van der Waals surface area contributed by atoms with Crippen molar-refractivity contribution in [3.8, 4) is 0 Å². The summed E-state index contributed by atoms with van der Waals surface area (Å²) in [4.78, 5) is 0. The van der Waals surface area contributed by atoms with E-state index in [9.17, 15) is 3.87 Å². The quantitative estimate of drug-likeness (QED) is 0.609. The van der Waals surface area contributed by atoms with E-state index in [2.05, 4.69) is 0 Å². The molecule has 15 heavy (non-hydrogen) atoms. The van der Waals surface area contributed by atoms with Crippen molar-refractivity contribution in [3.05, 3.63) is 0 Å². The van der Waals surface area contributed by atoms with Crippen molar-refractivity contribution in [3.63, 3.8) is 0 Å². The Kier molecular flexibility index (Phi) is 8.77. The summed E-state index contributed by atoms with van der Waals surface area (Å²) in [5.41, 5.74) is 0. The molecule has 0 bridgehead atoms. The minimum absolute atomic E-state index is 0.737. The Labute approximate surface area is 97.6 Å². The first-order valence-corrected chi connectivity index (χ1v) is 8.83. The van der Waals surface area contributed by atoms with E-state index in [-0.39, 0.29) is 0 Å². The summed E-state index contributed by atoms with van der Waals surface area (Å²) < 4.78 is 27.3. The summed E-state index contributed by atoms with van der Waals surface area (Å²) >= 11 is -1.02. The summed E-state index contributed by atoms with van der Waals surface area (Å²) in [6.07, 6.45) is 1.82. The standard InChI is InChI=1S/C6H15O3Si.C3H7.Co.O/c1-5-6-10(7-2,8-3)9-4;1-3-2;;/h1,5-6H2,2-4H3;1,3H2,2H3;;. The maximum absolute atomic E-state index is 11.4. The average Bonchev–Trinajstić information content (AvgIpc) is 2.25. The van der Waals surface area contributed by atoms with E-state index in [0.717, 1.165) is 29.6 Å². The van der Waals surface area contributed by atoms with Crippen LogP contribution in [0.3, 0.4) is 0 Å². The predicted molar refractivity (Wildman–Crippen MR) is 56.8 cm³/mol. The van der Waals surface area contributed by atoms with Gasteiger partial charge < -0.3 is 0 Å². The van der Waals surface area contributed by atoms with E-state index in [1.165, 1.54) is 0 Å². The predicted octanol–water partition coefficient (Wildman–Crippen LogP) is 2.46. The monoisotopic (exact) mass is 281 g/mol. The van der Waals surface area contributed by atoms with Gasteiger partial charge >= 0.3 is 97.4 Å². The van der Waals surface area contributed by atoms with Crippen molar-refractivity contribution < 1.29 is 30.7 Å². The molecule has 0 spiro atoms. The molecule has 95 valence electrons. The molecule has 6 heteroatoms. The van der Waals surface area contributed by atoms with E-state index in [1.807, 2.05) is 6.92 Å². The molecule has 4 nitrogen and oxygen atoms in total. The second kappa shape index (κ2) is 8.54. The summed E-state index contributed by atoms with van der Waals surface area (Å²) in [6, 6.07) is 0.737. The molecule has 0 fully saturated rings. The van der Waals surface area contributed by atoms with E-state index < -0.39 is 22.4 Å². The summed E-state index contributed by atoms with van der Waals surface area (Å²) in [7, 11) is 2.37. The molecule has 0 aliphatic heterocycles. The van der Waals surface area contributed by atoms with Gasteiger partial charge in [0.25, 0.3) is 0 Å². The average molecular weight is 281 g/mol. The fourth-order valence-corrected chi connectivity index (χ4v) is 4.70. The molecule has 0 unspecified atom stereocenters. The van der Waals surface area contributed by atoms with Gasteiger partial charge in [0.1, 0.15) is 0 Å². The van der Waals surface area contributed by atoms with Crippen LogP contribution >= 0.6 is 0 Å². The van der Waals surface area contributed by atoms with Crippen LogP contribution in [0.1, 0.15) is 19.8 Å². The van der Waals surface area contributed by atoms with Crippen molar-refractivity contribution in [2.45, 2.75) is 36.5 Å². The Balaban J connectivity index is 3.85. The molecule has 0 aliphatic rings. The molecule has 0 rings (SSSR count). The van der Waals surface area contributed by atoms with Gasteiger partial charge in [-0.2, -0.15) is 0 Å². The topological polar surface area (TPSA) is 44.8 Å². The van der Waals surface area contributed by atoms with Crippen molar-refractivity contribution in [1.82, 2.24) is 0 Å². The van der Waals surface area contributed by atoms with Gasteiger partial charge in [0.15, 0.2) is 0 Å². The van der Waals surface area contributed by atoms with Gasteiger partial charge in [0, 0.05) is 0 Å². The fourth-order valence-electron chi connectivity index (χ4n) is 1.23. The molecule has 0 N–H and O–H groups in total. The molecule has 0 heterocycles.